The second kappa shape index (κ2) is 7.38. The second-order valence-corrected chi connectivity index (χ2v) is 6.48. The van der Waals surface area contributed by atoms with Crippen molar-refractivity contribution in [2.45, 2.75) is 77.8 Å². The third-order valence-electron chi connectivity index (χ3n) is 4.68. The predicted octanol–water partition coefficient (Wildman–Crippen LogP) is 3.29. The SMILES string of the molecule is CC1CCC(N)C(C)C1.CC1CCCCC1N. The van der Waals surface area contributed by atoms with Gasteiger partial charge in [-0.05, 0) is 49.9 Å². The minimum Gasteiger partial charge on any atom is -0.327 e. The van der Waals surface area contributed by atoms with Gasteiger partial charge in [0.05, 0.1) is 0 Å². The van der Waals surface area contributed by atoms with Crippen LogP contribution in [0.2, 0.25) is 0 Å². The summed E-state index contributed by atoms with van der Waals surface area (Å²) < 4.78 is 0. The quantitative estimate of drug-likeness (QED) is 0.682. The Bertz CT molecular complexity index is 195. The maximum Gasteiger partial charge on any atom is 0.00647 e. The lowest BCUT2D eigenvalue weighted by molar-refractivity contribution is 0.263. The summed E-state index contributed by atoms with van der Waals surface area (Å²) in [6.07, 6.45) is 9.26. The highest BCUT2D eigenvalue weighted by Gasteiger charge is 2.21. The van der Waals surface area contributed by atoms with Crippen molar-refractivity contribution in [3.8, 4) is 0 Å². The Kier molecular flexibility index (Phi) is 6.50. The number of hydrogen-bond donors (Lipinski definition) is 2. The summed E-state index contributed by atoms with van der Waals surface area (Å²) in [4.78, 5) is 0. The molecule has 0 bridgehead atoms. The molecule has 0 heterocycles. The normalized spacial score (nSPS) is 42.5. The van der Waals surface area contributed by atoms with Crippen LogP contribution < -0.4 is 11.5 Å². The molecule has 2 heteroatoms. The Balaban J connectivity index is 0.000000171. The molecule has 0 aromatic carbocycles. The minimum absolute atomic E-state index is 0.487. The summed E-state index contributed by atoms with van der Waals surface area (Å²) >= 11 is 0. The fraction of sp³-hybridized carbons (Fsp3) is 1.00. The maximum atomic E-state index is 5.84. The van der Waals surface area contributed by atoms with Crippen LogP contribution in [-0.4, -0.2) is 12.1 Å². The molecule has 0 amide bonds. The van der Waals surface area contributed by atoms with Crippen molar-refractivity contribution in [2.24, 2.45) is 29.2 Å². The molecule has 4 N–H and O–H groups in total. The summed E-state index contributed by atoms with van der Waals surface area (Å²) in [7, 11) is 0. The Hall–Kier alpha value is -0.0800. The molecule has 2 rings (SSSR count). The molecule has 0 aromatic heterocycles. The second-order valence-electron chi connectivity index (χ2n) is 6.48. The lowest BCUT2D eigenvalue weighted by Crippen LogP contribution is -2.33. The molecule has 0 aromatic rings. The Morgan fingerprint density at radius 1 is 0.706 bits per heavy atom. The molecule has 102 valence electrons. The Labute approximate surface area is 108 Å². The Morgan fingerprint density at radius 3 is 1.71 bits per heavy atom. The highest BCUT2D eigenvalue weighted by Crippen LogP contribution is 2.26. The fourth-order valence-corrected chi connectivity index (χ4v) is 3.03. The Morgan fingerprint density at radius 2 is 1.29 bits per heavy atom. The van der Waals surface area contributed by atoms with Crippen molar-refractivity contribution in [3.63, 3.8) is 0 Å². The lowest BCUT2D eigenvalue weighted by Gasteiger charge is -2.29. The van der Waals surface area contributed by atoms with Gasteiger partial charge < -0.3 is 11.5 Å². The van der Waals surface area contributed by atoms with Gasteiger partial charge in [-0.3, -0.25) is 0 Å². The minimum atomic E-state index is 0.487. The molecule has 2 aliphatic rings. The molecule has 0 radical (unpaired) electrons. The van der Waals surface area contributed by atoms with Crippen LogP contribution in [0.3, 0.4) is 0 Å². The first-order valence-electron chi connectivity index (χ1n) is 7.51. The smallest absolute Gasteiger partial charge is 0.00647 e. The molecule has 0 aliphatic heterocycles. The van der Waals surface area contributed by atoms with E-state index in [-0.39, 0.29) is 0 Å². The van der Waals surface area contributed by atoms with E-state index in [1.807, 2.05) is 0 Å². The van der Waals surface area contributed by atoms with Crippen molar-refractivity contribution in [2.75, 3.05) is 0 Å². The van der Waals surface area contributed by atoms with Gasteiger partial charge in [0.15, 0.2) is 0 Å². The summed E-state index contributed by atoms with van der Waals surface area (Å²) in [6.45, 7) is 6.84. The van der Waals surface area contributed by atoms with Crippen LogP contribution in [0.1, 0.15) is 65.7 Å². The number of hydrogen-bond acceptors (Lipinski definition) is 2. The van der Waals surface area contributed by atoms with Gasteiger partial charge in [-0.1, -0.05) is 33.6 Å². The van der Waals surface area contributed by atoms with Gasteiger partial charge in [0, 0.05) is 12.1 Å². The van der Waals surface area contributed by atoms with Gasteiger partial charge in [0.1, 0.15) is 0 Å². The van der Waals surface area contributed by atoms with E-state index in [1.54, 1.807) is 0 Å². The van der Waals surface area contributed by atoms with Crippen LogP contribution >= 0.6 is 0 Å². The first-order valence-corrected chi connectivity index (χ1v) is 7.51. The zero-order valence-electron chi connectivity index (χ0n) is 12.0. The van der Waals surface area contributed by atoms with Crippen molar-refractivity contribution < 1.29 is 0 Å². The molecule has 2 fully saturated rings. The van der Waals surface area contributed by atoms with Crippen LogP contribution in [0.15, 0.2) is 0 Å². The topological polar surface area (TPSA) is 52.0 Å². The predicted molar refractivity (Wildman–Crippen MR) is 75.8 cm³/mol. The van der Waals surface area contributed by atoms with Crippen LogP contribution in [-0.2, 0) is 0 Å². The third kappa shape index (κ3) is 5.39. The molecule has 0 spiro atoms. The van der Waals surface area contributed by atoms with Gasteiger partial charge in [-0.25, -0.2) is 0 Å². The first kappa shape index (κ1) is 15.0. The zero-order valence-corrected chi connectivity index (χ0v) is 12.0. The van der Waals surface area contributed by atoms with Crippen LogP contribution in [0.4, 0.5) is 0 Å². The van der Waals surface area contributed by atoms with Crippen molar-refractivity contribution >= 4 is 0 Å². The molecule has 5 unspecified atom stereocenters. The zero-order chi connectivity index (χ0) is 12.8. The van der Waals surface area contributed by atoms with E-state index < -0.39 is 0 Å². The van der Waals surface area contributed by atoms with Gasteiger partial charge in [0.25, 0.3) is 0 Å². The summed E-state index contributed by atoms with van der Waals surface area (Å²) in [5, 5.41) is 0. The van der Waals surface area contributed by atoms with Gasteiger partial charge >= 0.3 is 0 Å². The summed E-state index contributed by atoms with van der Waals surface area (Å²) in [6, 6.07) is 0.991. The van der Waals surface area contributed by atoms with Gasteiger partial charge in [-0.2, -0.15) is 0 Å². The molecular weight excluding hydrogens is 208 g/mol. The molecule has 17 heavy (non-hydrogen) atoms. The maximum absolute atomic E-state index is 5.84. The van der Waals surface area contributed by atoms with E-state index >= 15 is 0 Å². The highest BCUT2D eigenvalue weighted by molar-refractivity contribution is 4.77. The molecule has 0 saturated heterocycles. The fourth-order valence-electron chi connectivity index (χ4n) is 3.03. The standard InChI is InChI=1S/C8H17N.C7H15N/c1-6-3-4-8(9)7(2)5-6;1-6-4-2-3-5-7(6)8/h6-8H,3-5,9H2,1-2H3;6-7H,2-5,8H2,1H3. The average Bonchev–Trinajstić information content (AvgIpc) is 2.29. The number of rotatable bonds is 0. The van der Waals surface area contributed by atoms with E-state index in [0.717, 1.165) is 17.8 Å². The van der Waals surface area contributed by atoms with Crippen molar-refractivity contribution in [1.29, 1.82) is 0 Å². The largest absolute Gasteiger partial charge is 0.327 e. The summed E-state index contributed by atoms with van der Waals surface area (Å²) in [5.41, 5.74) is 11.6. The lowest BCUT2D eigenvalue weighted by atomic mass is 9.80. The van der Waals surface area contributed by atoms with Crippen LogP contribution in [0.25, 0.3) is 0 Å². The monoisotopic (exact) mass is 240 g/mol. The molecule has 5 atom stereocenters. The molecular formula is C15H32N2. The molecule has 2 nitrogen and oxygen atoms in total. The van der Waals surface area contributed by atoms with Crippen molar-refractivity contribution in [1.82, 2.24) is 0 Å². The third-order valence-corrected chi connectivity index (χ3v) is 4.68. The summed E-state index contributed by atoms with van der Waals surface area (Å²) in [5.74, 6) is 2.46. The molecule has 2 saturated carbocycles. The average molecular weight is 240 g/mol. The van der Waals surface area contributed by atoms with E-state index in [4.69, 9.17) is 11.5 Å². The van der Waals surface area contributed by atoms with Crippen molar-refractivity contribution in [3.05, 3.63) is 0 Å². The van der Waals surface area contributed by atoms with Crippen LogP contribution in [0, 0.1) is 17.8 Å². The van der Waals surface area contributed by atoms with Gasteiger partial charge in [0.2, 0.25) is 0 Å². The van der Waals surface area contributed by atoms with E-state index in [1.165, 1.54) is 44.9 Å². The van der Waals surface area contributed by atoms with Crippen LogP contribution in [0.5, 0.6) is 0 Å². The number of nitrogens with two attached hydrogens (primary N) is 2. The highest BCUT2D eigenvalue weighted by atomic mass is 14.7. The van der Waals surface area contributed by atoms with E-state index in [2.05, 4.69) is 20.8 Å². The molecule has 2 aliphatic carbocycles. The first-order chi connectivity index (χ1) is 8.00. The van der Waals surface area contributed by atoms with E-state index in [9.17, 15) is 0 Å². The van der Waals surface area contributed by atoms with E-state index in [0.29, 0.717) is 12.1 Å². The van der Waals surface area contributed by atoms with Gasteiger partial charge in [-0.15, -0.1) is 0 Å².